The minimum Gasteiger partial charge on any atom is -0.463 e. The predicted octanol–water partition coefficient (Wildman–Crippen LogP) is 5.81. The second-order valence-corrected chi connectivity index (χ2v) is 7.18. The molecule has 0 saturated carbocycles. The molecule has 166 valence electrons. The highest BCUT2D eigenvalue weighted by atomic mass is 16.5. The lowest BCUT2D eigenvalue weighted by molar-refractivity contribution is -0.147. The van der Waals surface area contributed by atoms with E-state index in [4.69, 9.17) is 14.9 Å². The minimum atomic E-state index is -0.968. The first-order valence-corrected chi connectivity index (χ1v) is 11.2. The Kier molecular flexibility index (Phi) is 21.3. The molecule has 0 aromatic heterocycles. The minimum absolute atomic E-state index is 0.118. The van der Waals surface area contributed by atoms with Gasteiger partial charge in [0.05, 0.1) is 6.61 Å². The monoisotopic (exact) mass is 406 g/mol. The molecule has 0 aliphatic heterocycles. The van der Waals surface area contributed by atoms with E-state index in [-0.39, 0.29) is 19.2 Å². The Balaban J connectivity index is 3.36. The van der Waals surface area contributed by atoms with Crippen LogP contribution in [0.1, 0.15) is 84.0 Å². The van der Waals surface area contributed by atoms with Crippen molar-refractivity contribution in [1.82, 2.24) is 0 Å². The molecule has 1 atom stereocenters. The third-order valence-corrected chi connectivity index (χ3v) is 4.37. The number of hydrogen-bond donors (Lipinski definition) is 2. The maximum Gasteiger partial charge on any atom is 0.305 e. The zero-order valence-corrected chi connectivity index (χ0v) is 18.3. The van der Waals surface area contributed by atoms with E-state index in [2.05, 4.69) is 55.5 Å². The van der Waals surface area contributed by atoms with Crippen molar-refractivity contribution in [1.29, 1.82) is 0 Å². The lowest BCUT2D eigenvalue weighted by Crippen LogP contribution is -2.21. The number of carbonyl (C=O) groups excluding carboxylic acids is 1. The summed E-state index contributed by atoms with van der Waals surface area (Å²) < 4.78 is 4.86. The van der Waals surface area contributed by atoms with Crippen LogP contribution in [0.2, 0.25) is 0 Å². The number of unbranched alkanes of at least 4 members (excludes halogenated alkanes) is 6. The van der Waals surface area contributed by atoms with Crippen molar-refractivity contribution in [3.05, 3.63) is 48.6 Å². The first kappa shape index (κ1) is 27.4. The van der Waals surface area contributed by atoms with Crippen LogP contribution in [0.3, 0.4) is 0 Å². The standard InChI is InChI=1S/C25H42O4/c1-2-3-4-5-6-7-8-9-10-11-12-13-14-15-16-17-18-19-20-21-25(28)29-23-24(27)22-26/h3-4,6-7,9-10,12-13,24,26-27H,2,5,8,11,14-23H2,1H3. The second kappa shape index (κ2) is 22.6. The summed E-state index contributed by atoms with van der Waals surface area (Å²) in [7, 11) is 0. The van der Waals surface area contributed by atoms with Gasteiger partial charge in [0.1, 0.15) is 12.7 Å². The fraction of sp³-hybridized carbons (Fsp3) is 0.640. The molecule has 29 heavy (non-hydrogen) atoms. The van der Waals surface area contributed by atoms with Crippen molar-refractivity contribution in [2.75, 3.05) is 13.2 Å². The third-order valence-electron chi connectivity index (χ3n) is 4.37. The van der Waals surface area contributed by atoms with Crippen molar-refractivity contribution >= 4 is 5.97 Å². The Morgan fingerprint density at radius 2 is 1.31 bits per heavy atom. The van der Waals surface area contributed by atoms with Gasteiger partial charge in [-0.1, -0.05) is 81.2 Å². The first-order valence-electron chi connectivity index (χ1n) is 11.2. The number of allylic oxidation sites excluding steroid dienone is 8. The molecule has 0 rings (SSSR count). The SMILES string of the molecule is CCC=CCC=CCC=CCC=CCCCCCCCCC(=O)OCC(O)CO. The number of hydrogen-bond acceptors (Lipinski definition) is 4. The summed E-state index contributed by atoms with van der Waals surface area (Å²) in [6.45, 7) is 1.65. The van der Waals surface area contributed by atoms with Crippen LogP contribution in [-0.4, -0.2) is 35.5 Å². The Labute approximate surface area is 178 Å². The number of esters is 1. The number of aliphatic hydroxyl groups is 2. The van der Waals surface area contributed by atoms with Crippen LogP contribution < -0.4 is 0 Å². The van der Waals surface area contributed by atoms with Gasteiger partial charge < -0.3 is 14.9 Å². The highest BCUT2D eigenvalue weighted by Crippen LogP contribution is 2.09. The van der Waals surface area contributed by atoms with Gasteiger partial charge in [-0.3, -0.25) is 4.79 Å². The van der Waals surface area contributed by atoms with Gasteiger partial charge in [-0.2, -0.15) is 0 Å². The molecule has 4 heteroatoms. The van der Waals surface area contributed by atoms with E-state index < -0.39 is 6.10 Å². The van der Waals surface area contributed by atoms with E-state index in [1.165, 1.54) is 19.3 Å². The summed E-state index contributed by atoms with van der Waals surface area (Å²) in [5.74, 6) is -0.295. The molecule has 0 spiro atoms. The molecule has 0 amide bonds. The van der Waals surface area contributed by atoms with Crippen LogP contribution in [0.4, 0.5) is 0 Å². The average molecular weight is 407 g/mol. The van der Waals surface area contributed by atoms with E-state index in [0.29, 0.717) is 6.42 Å². The van der Waals surface area contributed by atoms with Gasteiger partial charge in [0.2, 0.25) is 0 Å². The summed E-state index contributed by atoms with van der Waals surface area (Å²) in [6.07, 6.45) is 29.1. The molecule has 0 heterocycles. The second-order valence-electron chi connectivity index (χ2n) is 7.18. The van der Waals surface area contributed by atoms with E-state index in [0.717, 1.165) is 51.4 Å². The maximum atomic E-state index is 11.4. The molecule has 0 aliphatic rings. The number of carbonyl (C=O) groups is 1. The first-order chi connectivity index (χ1) is 14.2. The third kappa shape index (κ3) is 22.5. The molecular formula is C25H42O4. The quantitative estimate of drug-likeness (QED) is 0.161. The lowest BCUT2D eigenvalue weighted by atomic mass is 10.1. The highest BCUT2D eigenvalue weighted by Gasteiger charge is 2.07. The smallest absolute Gasteiger partial charge is 0.305 e. The lowest BCUT2D eigenvalue weighted by Gasteiger charge is -2.08. The molecule has 1 unspecified atom stereocenters. The normalized spacial score (nSPS) is 13.3. The molecular weight excluding hydrogens is 364 g/mol. The zero-order chi connectivity index (χ0) is 21.4. The molecule has 2 N–H and O–H groups in total. The van der Waals surface area contributed by atoms with Crippen molar-refractivity contribution in [3.63, 3.8) is 0 Å². The Morgan fingerprint density at radius 1 is 0.793 bits per heavy atom. The fourth-order valence-corrected chi connectivity index (χ4v) is 2.65. The van der Waals surface area contributed by atoms with Crippen molar-refractivity contribution < 1.29 is 19.7 Å². The van der Waals surface area contributed by atoms with Crippen LogP contribution in [0.5, 0.6) is 0 Å². The van der Waals surface area contributed by atoms with Gasteiger partial charge in [0, 0.05) is 6.42 Å². The maximum absolute atomic E-state index is 11.4. The van der Waals surface area contributed by atoms with Crippen LogP contribution in [0, 0.1) is 0 Å². The molecule has 0 bridgehead atoms. The Morgan fingerprint density at radius 3 is 1.90 bits per heavy atom. The van der Waals surface area contributed by atoms with E-state index in [9.17, 15) is 4.79 Å². The fourth-order valence-electron chi connectivity index (χ4n) is 2.65. The van der Waals surface area contributed by atoms with Gasteiger partial charge in [-0.15, -0.1) is 0 Å². The van der Waals surface area contributed by atoms with Crippen LogP contribution in [-0.2, 0) is 9.53 Å². The highest BCUT2D eigenvalue weighted by molar-refractivity contribution is 5.69. The van der Waals surface area contributed by atoms with Gasteiger partial charge in [-0.25, -0.2) is 0 Å². The molecule has 0 fully saturated rings. The number of aliphatic hydroxyl groups excluding tert-OH is 2. The molecule has 0 aromatic rings. The van der Waals surface area contributed by atoms with Gasteiger partial charge in [0.15, 0.2) is 0 Å². The summed E-state index contributed by atoms with van der Waals surface area (Å²) in [5, 5.41) is 17.7. The van der Waals surface area contributed by atoms with Crippen molar-refractivity contribution in [2.45, 2.75) is 90.1 Å². The van der Waals surface area contributed by atoms with Crippen LogP contribution in [0.25, 0.3) is 0 Å². The van der Waals surface area contributed by atoms with Gasteiger partial charge in [-0.05, 0) is 44.9 Å². The molecule has 0 aromatic carbocycles. The topological polar surface area (TPSA) is 66.8 Å². The summed E-state index contributed by atoms with van der Waals surface area (Å²) >= 11 is 0. The van der Waals surface area contributed by atoms with E-state index >= 15 is 0 Å². The molecule has 0 aliphatic carbocycles. The molecule has 0 radical (unpaired) electrons. The largest absolute Gasteiger partial charge is 0.463 e. The summed E-state index contributed by atoms with van der Waals surface area (Å²) in [5.41, 5.74) is 0. The van der Waals surface area contributed by atoms with E-state index in [1.807, 2.05) is 0 Å². The summed E-state index contributed by atoms with van der Waals surface area (Å²) in [6, 6.07) is 0. The molecule has 0 saturated heterocycles. The Bertz CT molecular complexity index is 477. The average Bonchev–Trinajstić information content (AvgIpc) is 2.73. The number of rotatable bonds is 19. The Hall–Kier alpha value is -1.65. The summed E-state index contributed by atoms with van der Waals surface area (Å²) in [4.78, 5) is 11.4. The van der Waals surface area contributed by atoms with Gasteiger partial charge >= 0.3 is 5.97 Å². The van der Waals surface area contributed by atoms with Crippen molar-refractivity contribution in [3.8, 4) is 0 Å². The van der Waals surface area contributed by atoms with Crippen molar-refractivity contribution in [2.24, 2.45) is 0 Å². The number of ether oxygens (including phenoxy) is 1. The predicted molar refractivity (Wildman–Crippen MR) is 122 cm³/mol. The zero-order valence-electron chi connectivity index (χ0n) is 18.3. The van der Waals surface area contributed by atoms with Gasteiger partial charge in [0.25, 0.3) is 0 Å². The van der Waals surface area contributed by atoms with Crippen LogP contribution >= 0.6 is 0 Å². The molecule has 4 nitrogen and oxygen atoms in total. The van der Waals surface area contributed by atoms with Crippen LogP contribution in [0.15, 0.2) is 48.6 Å². The van der Waals surface area contributed by atoms with E-state index in [1.54, 1.807) is 0 Å².